The molecule has 0 fully saturated rings. The van der Waals surface area contributed by atoms with Crippen molar-refractivity contribution in [3.05, 3.63) is 101 Å². The summed E-state index contributed by atoms with van der Waals surface area (Å²) >= 11 is 0. The molecule has 0 aliphatic rings. The molecule has 3 aromatic carbocycles. The maximum Gasteiger partial charge on any atom is 0.338 e. The molecule has 0 spiro atoms. The largest absolute Gasteiger partial charge is 0.508 e. The number of rotatable bonds is 6. The summed E-state index contributed by atoms with van der Waals surface area (Å²) < 4.78 is 6.21. The summed E-state index contributed by atoms with van der Waals surface area (Å²) in [5.74, 6) is -0.582. The zero-order chi connectivity index (χ0) is 25.9. The number of nitrogens with zero attached hydrogens (tertiary/aromatic N) is 3. The van der Waals surface area contributed by atoms with E-state index in [-0.39, 0.29) is 16.9 Å². The van der Waals surface area contributed by atoms with Gasteiger partial charge in [-0.3, -0.25) is 9.78 Å². The van der Waals surface area contributed by atoms with Crippen molar-refractivity contribution in [2.75, 3.05) is 12.4 Å². The number of benzene rings is 3. The van der Waals surface area contributed by atoms with Crippen LogP contribution in [-0.2, 0) is 11.3 Å². The van der Waals surface area contributed by atoms with Crippen molar-refractivity contribution >= 4 is 28.2 Å². The van der Waals surface area contributed by atoms with Crippen LogP contribution in [0.3, 0.4) is 0 Å². The summed E-state index contributed by atoms with van der Waals surface area (Å²) in [7, 11) is 1.29. The van der Waals surface area contributed by atoms with Gasteiger partial charge < -0.3 is 15.2 Å². The number of anilines is 2. The van der Waals surface area contributed by atoms with E-state index in [9.17, 15) is 14.7 Å². The normalized spacial score (nSPS) is 10.9. The maximum atomic E-state index is 13.1. The Morgan fingerprint density at radius 1 is 0.946 bits per heavy atom. The number of aromatic nitrogens is 3. The monoisotopic (exact) mass is 492 g/mol. The molecule has 0 bridgehead atoms. The van der Waals surface area contributed by atoms with Crippen LogP contribution in [0.2, 0.25) is 0 Å². The third-order valence-corrected chi connectivity index (χ3v) is 6.02. The standard InChI is InChI=1S/C29H24N4O4/c1-3-33-28(35)27(31-25-11-5-10-24-23(25)9-6-12-30-24)17-26(32-33)19-8-4-7-18(13-19)20-14-21(29(36)37-2)16-22(34)15-20/h4-17,31,34H,3H2,1-2H3. The van der Waals surface area contributed by atoms with E-state index in [4.69, 9.17) is 4.74 Å². The summed E-state index contributed by atoms with van der Waals surface area (Å²) in [6, 6.07) is 23.4. The highest BCUT2D eigenvalue weighted by atomic mass is 16.5. The number of ether oxygens (including phenoxy) is 1. The molecule has 5 rings (SSSR count). The second-order valence-corrected chi connectivity index (χ2v) is 8.41. The van der Waals surface area contributed by atoms with Crippen LogP contribution < -0.4 is 10.9 Å². The summed E-state index contributed by atoms with van der Waals surface area (Å²) in [4.78, 5) is 29.5. The molecule has 2 heterocycles. The van der Waals surface area contributed by atoms with E-state index in [0.29, 0.717) is 23.5 Å². The number of carbonyl (C=O) groups excluding carboxylic acids is 1. The minimum Gasteiger partial charge on any atom is -0.508 e. The second kappa shape index (κ2) is 9.94. The third kappa shape index (κ3) is 4.77. The molecule has 184 valence electrons. The Morgan fingerprint density at radius 3 is 2.57 bits per heavy atom. The maximum absolute atomic E-state index is 13.1. The zero-order valence-corrected chi connectivity index (χ0v) is 20.3. The molecule has 0 radical (unpaired) electrons. The first kappa shape index (κ1) is 23.7. The Balaban J connectivity index is 1.58. The van der Waals surface area contributed by atoms with E-state index in [2.05, 4.69) is 15.4 Å². The summed E-state index contributed by atoms with van der Waals surface area (Å²) in [5.41, 5.74) is 4.77. The van der Waals surface area contributed by atoms with E-state index < -0.39 is 5.97 Å². The Kier molecular flexibility index (Phi) is 6.38. The minimum absolute atomic E-state index is 0.0444. The summed E-state index contributed by atoms with van der Waals surface area (Å²) in [6.45, 7) is 2.26. The molecule has 0 saturated heterocycles. The fourth-order valence-corrected chi connectivity index (χ4v) is 4.22. The molecule has 0 aliphatic carbocycles. The van der Waals surface area contributed by atoms with Crippen LogP contribution >= 0.6 is 0 Å². The number of aryl methyl sites for hydroxylation is 1. The van der Waals surface area contributed by atoms with Gasteiger partial charge in [0, 0.05) is 29.4 Å². The van der Waals surface area contributed by atoms with Gasteiger partial charge in [0.05, 0.1) is 23.9 Å². The van der Waals surface area contributed by atoms with E-state index in [0.717, 1.165) is 27.7 Å². The van der Waals surface area contributed by atoms with Crippen LogP contribution in [-0.4, -0.2) is 33.0 Å². The quantitative estimate of drug-likeness (QED) is 0.307. The van der Waals surface area contributed by atoms with Gasteiger partial charge in [-0.25, -0.2) is 9.48 Å². The van der Waals surface area contributed by atoms with Crippen molar-refractivity contribution in [1.29, 1.82) is 0 Å². The molecule has 0 amide bonds. The minimum atomic E-state index is -0.538. The van der Waals surface area contributed by atoms with Crippen LogP contribution in [0.15, 0.2) is 89.9 Å². The number of hydrogen-bond acceptors (Lipinski definition) is 7. The smallest absolute Gasteiger partial charge is 0.338 e. The van der Waals surface area contributed by atoms with E-state index in [1.54, 1.807) is 24.4 Å². The highest BCUT2D eigenvalue weighted by Gasteiger charge is 2.14. The lowest BCUT2D eigenvalue weighted by Gasteiger charge is -2.13. The van der Waals surface area contributed by atoms with E-state index in [1.807, 2.05) is 61.5 Å². The lowest BCUT2D eigenvalue weighted by atomic mass is 9.99. The highest BCUT2D eigenvalue weighted by Crippen LogP contribution is 2.30. The highest BCUT2D eigenvalue weighted by molar-refractivity contribution is 5.93. The Hall–Kier alpha value is -4.98. The SMILES string of the molecule is CCn1nc(-c2cccc(-c3cc(O)cc(C(=O)OC)c3)c2)cc(Nc2cccc3ncccc23)c1=O. The van der Waals surface area contributed by atoms with E-state index in [1.165, 1.54) is 17.9 Å². The predicted octanol–water partition coefficient (Wildman–Crippen LogP) is 5.38. The number of pyridine rings is 1. The Morgan fingerprint density at radius 2 is 1.76 bits per heavy atom. The molecule has 37 heavy (non-hydrogen) atoms. The third-order valence-electron chi connectivity index (χ3n) is 6.02. The zero-order valence-electron chi connectivity index (χ0n) is 20.3. The number of phenols is 1. The lowest BCUT2D eigenvalue weighted by molar-refractivity contribution is 0.0600. The first-order valence-electron chi connectivity index (χ1n) is 11.7. The molecule has 2 aromatic heterocycles. The number of carbonyl (C=O) groups is 1. The predicted molar refractivity (Wildman–Crippen MR) is 143 cm³/mol. The van der Waals surface area contributed by atoms with Crippen molar-refractivity contribution < 1.29 is 14.6 Å². The Bertz CT molecular complexity index is 1690. The molecule has 0 unspecified atom stereocenters. The van der Waals surface area contributed by atoms with Crippen LogP contribution in [0.25, 0.3) is 33.3 Å². The van der Waals surface area contributed by atoms with Gasteiger partial charge in [0.1, 0.15) is 11.4 Å². The van der Waals surface area contributed by atoms with Crippen LogP contribution in [0.1, 0.15) is 17.3 Å². The van der Waals surface area contributed by atoms with Gasteiger partial charge in [0.25, 0.3) is 5.56 Å². The van der Waals surface area contributed by atoms with Gasteiger partial charge in [-0.05, 0) is 72.6 Å². The van der Waals surface area contributed by atoms with E-state index >= 15 is 0 Å². The number of aromatic hydroxyl groups is 1. The van der Waals surface area contributed by atoms with Crippen LogP contribution in [0.4, 0.5) is 11.4 Å². The molecular formula is C29H24N4O4. The molecule has 0 saturated carbocycles. The number of hydrogen-bond donors (Lipinski definition) is 2. The van der Waals surface area contributed by atoms with Gasteiger partial charge in [-0.1, -0.05) is 24.3 Å². The van der Waals surface area contributed by atoms with Gasteiger partial charge in [0.2, 0.25) is 0 Å². The number of methoxy groups -OCH3 is 1. The van der Waals surface area contributed by atoms with Gasteiger partial charge in [0.15, 0.2) is 0 Å². The number of fused-ring (bicyclic) bond motifs is 1. The average molecular weight is 493 g/mol. The number of phenolic OH excluding ortho intramolecular Hbond substituents is 1. The van der Waals surface area contributed by atoms with Crippen molar-refractivity contribution in [2.45, 2.75) is 13.5 Å². The van der Waals surface area contributed by atoms with Gasteiger partial charge in [-0.15, -0.1) is 0 Å². The van der Waals surface area contributed by atoms with Crippen molar-refractivity contribution in [3.8, 4) is 28.1 Å². The van der Waals surface area contributed by atoms with Crippen molar-refractivity contribution in [1.82, 2.24) is 14.8 Å². The summed E-state index contributed by atoms with van der Waals surface area (Å²) in [6.07, 6.45) is 1.73. The van der Waals surface area contributed by atoms with Gasteiger partial charge in [-0.2, -0.15) is 5.10 Å². The molecule has 2 N–H and O–H groups in total. The van der Waals surface area contributed by atoms with Crippen LogP contribution in [0.5, 0.6) is 5.75 Å². The first-order valence-corrected chi connectivity index (χ1v) is 11.7. The fourth-order valence-electron chi connectivity index (χ4n) is 4.22. The molecule has 8 nitrogen and oxygen atoms in total. The lowest BCUT2D eigenvalue weighted by Crippen LogP contribution is -2.24. The average Bonchev–Trinajstić information content (AvgIpc) is 2.93. The first-order chi connectivity index (χ1) is 18.0. The molecule has 8 heteroatoms. The molecule has 0 atom stereocenters. The second-order valence-electron chi connectivity index (χ2n) is 8.41. The molecule has 0 aliphatic heterocycles. The number of esters is 1. The van der Waals surface area contributed by atoms with Crippen LogP contribution in [0, 0.1) is 0 Å². The molecule has 5 aromatic rings. The summed E-state index contributed by atoms with van der Waals surface area (Å²) in [5, 5.41) is 18.9. The van der Waals surface area contributed by atoms with Crippen molar-refractivity contribution in [2.24, 2.45) is 0 Å². The topological polar surface area (TPSA) is 106 Å². The Labute approximate surface area is 212 Å². The number of nitrogens with one attached hydrogen (secondary N) is 1. The fraction of sp³-hybridized carbons (Fsp3) is 0.103. The van der Waals surface area contributed by atoms with Gasteiger partial charge >= 0.3 is 5.97 Å². The van der Waals surface area contributed by atoms with Crippen molar-refractivity contribution in [3.63, 3.8) is 0 Å². The molecular weight excluding hydrogens is 468 g/mol.